The van der Waals surface area contributed by atoms with Gasteiger partial charge < -0.3 is 34.3 Å². The van der Waals surface area contributed by atoms with Gasteiger partial charge in [0.15, 0.2) is 6.61 Å². The van der Waals surface area contributed by atoms with E-state index in [-0.39, 0.29) is 11.4 Å². The van der Waals surface area contributed by atoms with Crippen molar-refractivity contribution >= 4 is 28.8 Å². The van der Waals surface area contributed by atoms with Crippen LogP contribution in [0.1, 0.15) is 24.0 Å². The molecular formula is C18H15NO8-2. The molecule has 0 radical (unpaired) electrons. The molecule has 0 unspecified atom stereocenters. The molecule has 9 heteroatoms. The summed E-state index contributed by atoms with van der Waals surface area (Å²) < 4.78 is 10.6. The molecule has 1 heterocycles. The van der Waals surface area contributed by atoms with Crippen LogP contribution in [0.4, 0.5) is 0 Å². The van der Waals surface area contributed by atoms with Crippen molar-refractivity contribution in [3.05, 3.63) is 39.7 Å². The standard InChI is InChI=1S/C18H17NO8/c20-15(19-13(17(23)24)7-16(21)22)8-26-9-4-5-11-10-2-1-3-12(10)18(25)27-14(11)6-9/h4-6,13H,1-3,7-8H2,(H,19,20)(H,21,22)(H,23,24)/p-2/t13-/m0/s1. The maximum Gasteiger partial charge on any atom is 0.339 e. The molecule has 9 nitrogen and oxygen atoms in total. The number of amides is 1. The Bertz CT molecular complexity index is 977. The van der Waals surface area contributed by atoms with E-state index in [1.807, 2.05) is 5.32 Å². The molecule has 1 aliphatic carbocycles. The average Bonchev–Trinajstić information content (AvgIpc) is 3.09. The molecule has 0 spiro atoms. The third-order valence-electron chi connectivity index (χ3n) is 4.31. The van der Waals surface area contributed by atoms with E-state index >= 15 is 0 Å². The average molecular weight is 373 g/mol. The van der Waals surface area contributed by atoms with Crippen molar-refractivity contribution in [2.24, 2.45) is 0 Å². The zero-order valence-corrected chi connectivity index (χ0v) is 14.1. The summed E-state index contributed by atoms with van der Waals surface area (Å²) in [6.07, 6.45) is 1.46. The van der Waals surface area contributed by atoms with Crippen molar-refractivity contribution in [2.75, 3.05) is 6.61 Å². The number of carboxylic acid groups (broad SMARTS) is 2. The molecule has 2 aromatic rings. The number of nitrogens with one attached hydrogen (secondary N) is 1. The Kier molecular flexibility index (Phi) is 5.11. The summed E-state index contributed by atoms with van der Waals surface area (Å²) in [6.45, 7) is -0.558. The molecule has 0 aliphatic heterocycles. The number of benzene rings is 1. The predicted molar refractivity (Wildman–Crippen MR) is 86.6 cm³/mol. The molecule has 1 N–H and O–H groups in total. The van der Waals surface area contributed by atoms with Crippen LogP contribution in [0.3, 0.4) is 0 Å². The smallest absolute Gasteiger partial charge is 0.339 e. The molecule has 1 atom stereocenters. The number of carbonyl (C=O) groups is 3. The number of carboxylic acids is 2. The third kappa shape index (κ3) is 4.08. The molecule has 0 saturated heterocycles. The molecule has 3 rings (SSSR count). The number of carbonyl (C=O) groups excluding carboxylic acids is 3. The first-order valence-corrected chi connectivity index (χ1v) is 8.26. The second-order valence-electron chi connectivity index (χ2n) is 6.16. The van der Waals surface area contributed by atoms with Gasteiger partial charge >= 0.3 is 5.63 Å². The number of fused-ring (bicyclic) bond motifs is 3. The van der Waals surface area contributed by atoms with Gasteiger partial charge in [0.05, 0.1) is 12.0 Å². The van der Waals surface area contributed by atoms with E-state index in [0.29, 0.717) is 17.6 Å². The van der Waals surface area contributed by atoms with Gasteiger partial charge in [0.1, 0.15) is 11.3 Å². The molecule has 0 saturated carbocycles. The Labute approximate surface area is 152 Å². The zero-order chi connectivity index (χ0) is 19.6. The van der Waals surface area contributed by atoms with Gasteiger partial charge in [0, 0.05) is 29.4 Å². The van der Waals surface area contributed by atoms with E-state index < -0.39 is 36.9 Å². The van der Waals surface area contributed by atoms with Crippen molar-refractivity contribution in [2.45, 2.75) is 31.7 Å². The fourth-order valence-corrected chi connectivity index (χ4v) is 3.10. The molecule has 1 aromatic heterocycles. The summed E-state index contributed by atoms with van der Waals surface area (Å²) in [5.74, 6) is -3.99. The van der Waals surface area contributed by atoms with Gasteiger partial charge in [0.2, 0.25) is 0 Å². The highest BCUT2D eigenvalue weighted by molar-refractivity contribution is 5.86. The monoisotopic (exact) mass is 373 g/mol. The lowest BCUT2D eigenvalue weighted by atomic mass is 10.1. The van der Waals surface area contributed by atoms with Crippen molar-refractivity contribution < 1.29 is 33.8 Å². The Morgan fingerprint density at radius 1 is 1.19 bits per heavy atom. The van der Waals surface area contributed by atoms with Crippen molar-refractivity contribution in [1.29, 1.82) is 0 Å². The number of hydrogen-bond donors (Lipinski definition) is 1. The summed E-state index contributed by atoms with van der Waals surface area (Å²) in [4.78, 5) is 45.1. The van der Waals surface area contributed by atoms with E-state index in [0.717, 1.165) is 23.8 Å². The normalized spacial score (nSPS) is 13.8. The van der Waals surface area contributed by atoms with E-state index in [9.17, 15) is 29.4 Å². The van der Waals surface area contributed by atoms with Crippen LogP contribution >= 0.6 is 0 Å². The van der Waals surface area contributed by atoms with E-state index in [1.165, 1.54) is 6.07 Å². The quantitative estimate of drug-likeness (QED) is 0.550. The molecule has 1 aliphatic rings. The largest absolute Gasteiger partial charge is 0.550 e. The van der Waals surface area contributed by atoms with Crippen LogP contribution < -0.4 is 25.9 Å². The zero-order valence-electron chi connectivity index (χ0n) is 14.1. The van der Waals surface area contributed by atoms with Gasteiger partial charge in [-0.2, -0.15) is 0 Å². The number of aryl methyl sites for hydroxylation is 1. The van der Waals surface area contributed by atoms with Crippen LogP contribution in [0.5, 0.6) is 5.75 Å². The molecule has 142 valence electrons. The third-order valence-corrected chi connectivity index (χ3v) is 4.31. The van der Waals surface area contributed by atoms with E-state index in [4.69, 9.17) is 9.15 Å². The van der Waals surface area contributed by atoms with Gasteiger partial charge in [-0.25, -0.2) is 4.79 Å². The second kappa shape index (κ2) is 7.48. The van der Waals surface area contributed by atoms with Crippen LogP contribution in [0, 0.1) is 0 Å². The maximum absolute atomic E-state index is 12.0. The minimum Gasteiger partial charge on any atom is -0.550 e. The van der Waals surface area contributed by atoms with Crippen molar-refractivity contribution in [3.8, 4) is 5.75 Å². The highest BCUT2D eigenvalue weighted by atomic mass is 16.5. The number of aliphatic carboxylic acids is 2. The van der Waals surface area contributed by atoms with Crippen LogP contribution in [-0.4, -0.2) is 30.5 Å². The Morgan fingerprint density at radius 2 is 1.93 bits per heavy atom. The van der Waals surface area contributed by atoms with Crippen molar-refractivity contribution in [1.82, 2.24) is 5.32 Å². The Balaban J connectivity index is 1.69. The van der Waals surface area contributed by atoms with Crippen LogP contribution in [0.25, 0.3) is 11.0 Å². The first-order chi connectivity index (χ1) is 12.8. The van der Waals surface area contributed by atoms with Gasteiger partial charge in [-0.1, -0.05) is 0 Å². The molecule has 0 fully saturated rings. The summed E-state index contributed by atoms with van der Waals surface area (Å²) in [6, 6.07) is 3.09. The summed E-state index contributed by atoms with van der Waals surface area (Å²) >= 11 is 0. The highest BCUT2D eigenvalue weighted by Crippen LogP contribution is 2.29. The molecule has 1 amide bonds. The molecule has 0 bridgehead atoms. The molecule has 27 heavy (non-hydrogen) atoms. The lowest BCUT2D eigenvalue weighted by molar-refractivity contribution is -0.317. The number of hydrogen-bond acceptors (Lipinski definition) is 8. The molecular weight excluding hydrogens is 358 g/mol. The van der Waals surface area contributed by atoms with Gasteiger partial charge in [0.25, 0.3) is 5.91 Å². The topological polar surface area (TPSA) is 149 Å². The van der Waals surface area contributed by atoms with Crippen LogP contribution in [0.15, 0.2) is 27.4 Å². The van der Waals surface area contributed by atoms with Gasteiger partial charge in [-0.05, 0) is 37.0 Å². The van der Waals surface area contributed by atoms with Crippen molar-refractivity contribution in [3.63, 3.8) is 0 Å². The first-order valence-electron chi connectivity index (χ1n) is 8.26. The Hall–Kier alpha value is -3.36. The maximum atomic E-state index is 12.0. The summed E-state index contributed by atoms with van der Waals surface area (Å²) in [7, 11) is 0. The van der Waals surface area contributed by atoms with Gasteiger partial charge in [-0.3, -0.25) is 4.79 Å². The number of ether oxygens (including phenoxy) is 1. The lowest BCUT2D eigenvalue weighted by Crippen LogP contribution is -2.51. The lowest BCUT2D eigenvalue weighted by Gasteiger charge is -2.20. The summed E-state index contributed by atoms with van der Waals surface area (Å²) in [5, 5.41) is 24.1. The molecule has 1 aromatic carbocycles. The SMILES string of the molecule is O=C([O-])C[C@H](NC(=O)COc1ccc2c3c(c(=O)oc2c1)CCC3)C(=O)[O-]. The minimum absolute atomic E-state index is 0.239. The second-order valence-corrected chi connectivity index (χ2v) is 6.16. The van der Waals surface area contributed by atoms with Gasteiger partial charge in [-0.15, -0.1) is 0 Å². The minimum atomic E-state index is -1.74. The first kappa shape index (κ1) is 18.4. The van der Waals surface area contributed by atoms with Crippen LogP contribution in [-0.2, 0) is 27.2 Å². The fraction of sp³-hybridized carbons (Fsp3) is 0.333. The Morgan fingerprint density at radius 3 is 2.63 bits per heavy atom. The fourth-order valence-electron chi connectivity index (χ4n) is 3.10. The highest BCUT2D eigenvalue weighted by Gasteiger charge is 2.20. The number of rotatable bonds is 7. The predicted octanol–water partition coefficient (Wildman–Crippen LogP) is -1.96. The summed E-state index contributed by atoms with van der Waals surface area (Å²) in [5.41, 5.74) is 1.61. The van der Waals surface area contributed by atoms with Crippen LogP contribution in [0.2, 0.25) is 0 Å². The van der Waals surface area contributed by atoms with E-state index in [2.05, 4.69) is 0 Å². The van der Waals surface area contributed by atoms with E-state index in [1.54, 1.807) is 12.1 Å².